The van der Waals surface area contributed by atoms with E-state index in [2.05, 4.69) is 16.0 Å². The predicted molar refractivity (Wildman–Crippen MR) is 211 cm³/mol. The molecule has 0 spiro atoms. The van der Waals surface area contributed by atoms with Crippen LogP contribution in [-0.2, 0) is 28.5 Å². The van der Waals surface area contributed by atoms with E-state index >= 15 is 0 Å². The van der Waals surface area contributed by atoms with Gasteiger partial charge in [0, 0.05) is 25.4 Å². The lowest BCUT2D eigenvalue weighted by molar-refractivity contribution is -0.385. The minimum absolute atomic E-state index is 0.102. The predicted octanol–water partition coefficient (Wildman–Crippen LogP) is 6.05. The Morgan fingerprint density at radius 1 is 0.789 bits per heavy atom. The number of hydrogen-bond donors (Lipinski definition) is 3. The molecule has 0 saturated carbocycles. The fourth-order valence-electron chi connectivity index (χ4n) is 6.08. The zero-order valence-electron chi connectivity index (χ0n) is 33.3. The second-order valence-corrected chi connectivity index (χ2v) is 14.1. The maximum Gasteiger partial charge on any atom is 0.407 e. The Bertz CT molecular complexity index is 1750. The van der Waals surface area contributed by atoms with Gasteiger partial charge in [0.15, 0.2) is 11.5 Å². The molecule has 3 aromatic rings. The largest absolute Gasteiger partial charge is 0.493 e. The number of benzene rings is 3. The number of nitrogens with zero attached hydrogens (tertiary/aromatic N) is 1. The Labute approximate surface area is 333 Å². The number of amides is 3. The second kappa shape index (κ2) is 22.3. The van der Waals surface area contributed by atoms with Gasteiger partial charge in [0.05, 0.1) is 76.0 Å². The summed E-state index contributed by atoms with van der Waals surface area (Å²) >= 11 is 0. The third-order valence-electron chi connectivity index (χ3n) is 8.69. The Morgan fingerprint density at radius 3 is 1.95 bits per heavy atom. The fraction of sp³-hybridized carbons (Fsp3) is 0.488. The van der Waals surface area contributed by atoms with Crippen LogP contribution in [-0.4, -0.2) is 102 Å². The van der Waals surface area contributed by atoms with Crippen LogP contribution in [0.5, 0.6) is 11.5 Å². The molecule has 16 nitrogen and oxygen atoms in total. The monoisotopic (exact) mass is 794 g/mol. The van der Waals surface area contributed by atoms with Gasteiger partial charge in [-0.25, -0.2) is 9.59 Å². The van der Waals surface area contributed by atoms with E-state index in [-0.39, 0.29) is 54.2 Å². The van der Waals surface area contributed by atoms with Gasteiger partial charge < -0.3 is 49.1 Å². The molecular weight excluding hydrogens is 740 g/mol. The van der Waals surface area contributed by atoms with Crippen molar-refractivity contribution in [1.82, 2.24) is 16.0 Å². The number of nitro benzene ring substituents is 1. The van der Waals surface area contributed by atoms with Gasteiger partial charge in [-0.3, -0.25) is 14.9 Å². The van der Waals surface area contributed by atoms with Crippen LogP contribution < -0.4 is 25.4 Å². The number of fused-ring (bicyclic) bond motifs is 3. The quantitative estimate of drug-likeness (QED) is 0.0572. The molecule has 0 fully saturated rings. The SMILES string of the molecule is COc1cc(C(C)NC(=O)OCC2c3ccccc3-c3ccccc32)c([N+](=O)[O-])cc1OCCCC(=O)NCCOCCOCCOCCNC(=O)OC(C)(C)C. The van der Waals surface area contributed by atoms with E-state index in [1.807, 2.05) is 48.5 Å². The molecule has 3 N–H and O–H groups in total. The zero-order chi connectivity index (χ0) is 41.2. The van der Waals surface area contributed by atoms with Gasteiger partial charge in [-0.1, -0.05) is 48.5 Å². The highest BCUT2D eigenvalue weighted by Gasteiger charge is 2.30. The number of alkyl carbamates (subject to hydrolysis) is 2. The number of nitro groups is 1. The lowest BCUT2D eigenvalue weighted by Crippen LogP contribution is -2.34. The Kier molecular flexibility index (Phi) is 17.3. The van der Waals surface area contributed by atoms with Crippen molar-refractivity contribution in [3.63, 3.8) is 0 Å². The van der Waals surface area contributed by atoms with Crippen molar-refractivity contribution in [2.24, 2.45) is 0 Å². The summed E-state index contributed by atoms with van der Waals surface area (Å²) in [7, 11) is 1.41. The highest BCUT2D eigenvalue weighted by molar-refractivity contribution is 5.79. The molecule has 16 heteroatoms. The first-order valence-corrected chi connectivity index (χ1v) is 18.9. The standard InChI is InChI=1S/C41H54N4O12/c1-28(44-40(48)56-27-34-31-13-8-6-11-29(31)30-12-7-9-14-32(30)34)33-25-36(51-5)37(26-35(33)45(49)50)55-18-10-15-38(46)42-16-19-52-21-23-54-24-22-53-20-17-43-39(47)57-41(2,3)4/h6-9,11-14,25-26,28,34H,10,15-24,27H2,1-5H3,(H,42,46)(H,43,47)(H,44,48). The fourth-order valence-corrected chi connectivity index (χ4v) is 6.08. The summed E-state index contributed by atoms with van der Waals surface area (Å²) < 4.78 is 38.3. The first kappa shape index (κ1) is 44.3. The van der Waals surface area contributed by atoms with Crippen LogP contribution in [0.4, 0.5) is 15.3 Å². The summed E-state index contributed by atoms with van der Waals surface area (Å²) in [6.07, 6.45) is -0.688. The van der Waals surface area contributed by atoms with Crippen molar-refractivity contribution in [1.29, 1.82) is 0 Å². The van der Waals surface area contributed by atoms with Gasteiger partial charge in [-0.05, 0) is 62.4 Å². The molecule has 1 unspecified atom stereocenters. The van der Waals surface area contributed by atoms with Crippen molar-refractivity contribution < 1.29 is 52.5 Å². The molecule has 0 bridgehead atoms. The molecular formula is C41H54N4O12. The van der Waals surface area contributed by atoms with Crippen LogP contribution in [0.2, 0.25) is 0 Å². The number of ether oxygens (including phenoxy) is 7. The highest BCUT2D eigenvalue weighted by Crippen LogP contribution is 2.44. The Morgan fingerprint density at radius 2 is 1.37 bits per heavy atom. The van der Waals surface area contributed by atoms with Crippen LogP contribution in [0, 0.1) is 10.1 Å². The number of carbonyl (C=O) groups excluding carboxylic acids is 3. The minimum atomic E-state index is -0.795. The molecule has 4 rings (SSSR count). The summed E-state index contributed by atoms with van der Waals surface area (Å²) in [6.45, 7) is 9.94. The number of nitrogens with one attached hydrogen (secondary N) is 3. The van der Waals surface area contributed by atoms with E-state index < -0.39 is 28.8 Å². The van der Waals surface area contributed by atoms with Crippen LogP contribution in [0.15, 0.2) is 60.7 Å². The average Bonchev–Trinajstić information content (AvgIpc) is 3.49. The molecule has 0 radical (unpaired) electrons. The normalized spacial score (nSPS) is 12.5. The minimum Gasteiger partial charge on any atom is -0.493 e. The maximum absolute atomic E-state index is 12.9. The van der Waals surface area contributed by atoms with E-state index in [0.29, 0.717) is 59.2 Å². The van der Waals surface area contributed by atoms with Crippen molar-refractivity contribution in [3.8, 4) is 22.6 Å². The molecule has 3 amide bonds. The molecule has 1 atom stereocenters. The van der Waals surface area contributed by atoms with Crippen molar-refractivity contribution in [3.05, 3.63) is 87.5 Å². The highest BCUT2D eigenvalue weighted by atomic mass is 16.6. The van der Waals surface area contributed by atoms with E-state index in [0.717, 1.165) is 22.3 Å². The topological polar surface area (TPSA) is 195 Å². The molecule has 0 aromatic heterocycles. The van der Waals surface area contributed by atoms with Crippen LogP contribution in [0.3, 0.4) is 0 Å². The van der Waals surface area contributed by atoms with Gasteiger partial charge >= 0.3 is 12.2 Å². The van der Waals surface area contributed by atoms with E-state index in [1.165, 1.54) is 19.2 Å². The third-order valence-corrected chi connectivity index (χ3v) is 8.69. The number of rotatable bonds is 23. The second-order valence-electron chi connectivity index (χ2n) is 14.1. The van der Waals surface area contributed by atoms with Crippen LogP contribution in [0.1, 0.15) is 69.2 Å². The molecule has 1 aliphatic rings. The van der Waals surface area contributed by atoms with Gasteiger partial charge in [-0.2, -0.15) is 0 Å². The number of carbonyl (C=O) groups is 3. The summed E-state index contributed by atoms with van der Waals surface area (Å²) in [5, 5.41) is 20.2. The maximum atomic E-state index is 12.9. The summed E-state index contributed by atoms with van der Waals surface area (Å²) in [4.78, 5) is 48.3. The zero-order valence-corrected chi connectivity index (χ0v) is 33.3. The van der Waals surface area contributed by atoms with Gasteiger partial charge in [0.1, 0.15) is 12.2 Å². The van der Waals surface area contributed by atoms with Gasteiger partial charge in [-0.15, -0.1) is 0 Å². The Hall–Kier alpha value is -5.45. The van der Waals surface area contributed by atoms with Crippen LogP contribution >= 0.6 is 0 Å². The van der Waals surface area contributed by atoms with Crippen molar-refractivity contribution >= 4 is 23.8 Å². The Balaban J connectivity index is 1.10. The summed E-state index contributed by atoms with van der Waals surface area (Å²) in [6, 6.07) is 17.9. The van der Waals surface area contributed by atoms with E-state index in [4.69, 9.17) is 33.2 Å². The summed E-state index contributed by atoms with van der Waals surface area (Å²) in [5.41, 5.74) is 3.75. The number of methoxy groups -OCH3 is 1. The lowest BCUT2D eigenvalue weighted by Gasteiger charge is -2.19. The molecule has 0 saturated heterocycles. The van der Waals surface area contributed by atoms with Crippen LogP contribution in [0.25, 0.3) is 11.1 Å². The van der Waals surface area contributed by atoms with Crippen molar-refractivity contribution in [2.45, 2.75) is 58.1 Å². The van der Waals surface area contributed by atoms with E-state index in [9.17, 15) is 24.5 Å². The lowest BCUT2D eigenvalue weighted by atomic mass is 9.98. The molecule has 310 valence electrons. The molecule has 0 aliphatic heterocycles. The average molecular weight is 795 g/mol. The third kappa shape index (κ3) is 14.2. The first-order valence-electron chi connectivity index (χ1n) is 18.9. The number of hydrogen-bond acceptors (Lipinski definition) is 12. The van der Waals surface area contributed by atoms with E-state index in [1.54, 1.807) is 27.7 Å². The molecule has 57 heavy (non-hydrogen) atoms. The molecule has 1 aliphatic carbocycles. The van der Waals surface area contributed by atoms with Gasteiger partial charge in [0.25, 0.3) is 5.69 Å². The first-order chi connectivity index (χ1) is 27.4. The smallest absolute Gasteiger partial charge is 0.407 e. The molecule has 3 aromatic carbocycles. The van der Waals surface area contributed by atoms with Crippen molar-refractivity contribution in [2.75, 3.05) is 73.1 Å². The molecule has 0 heterocycles. The summed E-state index contributed by atoms with van der Waals surface area (Å²) in [5.74, 6) is 0.0493. The van der Waals surface area contributed by atoms with Gasteiger partial charge in [0.2, 0.25) is 5.91 Å².